The van der Waals surface area contributed by atoms with E-state index in [0.29, 0.717) is 6.54 Å². The van der Waals surface area contributed by atoms with Crippen molar-refractivity contribution in [2.75, 3.05) is 6.61 Å². The van der Waals surface area contributed by atoms with Crippen LogP contribution in [0.2, 0.25) is 0 Å². The van der Waals surface area contributed by atoms with E-state index in [1.807, 2.05) is 30.3 Å². The van der Waals surface area contributed by atoms with E-state index in [4.69, 9.17) is 4.74 Å². The van der Waals surface area contributed by atoms with Gasteiger partial charge in [0.05, 0.1) is 19.6 Å². The summed E-state index contributed by atoms with van der Waals surface area (Å²) in [6, 6.07) is 9.36. The van der Waals surface area contributed by atoms with Gasteiger partial charge in [-0.05, 0) is 12.5 Å². The number of rotatable bonds is 4. The lowest BCUT2D eigenvalue weighted by molar-refractivity contribution is -0.141. The summed E-state index contributed by atoms with van der Waals surface area (Å²) >= 11 is 0. The Labute approximate surface area is 116 Å². The Kier molecular flexibility index (Phi) is 4.30. The second-order valence-electron chi connectivity index (χ2n) is 4.37. The number of ketones is 1. The third-order valence-electron chi connectivity index (χ3n) is 2.91. The molecule has 1 aromatic carbocycles. The molecule has 1 aliphatic rings. The van der Waals surface area contributed by atoms with Gasteiger partial charge in [0.1, 0.15) is 5.57 Å². The van der Waals surface area contributed by atoms with Crippen LogP contribution in [0.5, 0.6) is 0 Å². The fraction of sp³-hybridized carbons (Fsp3) is 0.267. The molecule has 1 amide bonds. The lowest BCUT2D eigenvalue weighted by Crippen LogP contribution is -2.35. The van der Waals surface area contributed by atoms with Gasteiger partial charge in [-0.2, -0.15) is 0 Å². The Morgan fingerprint density at radius 2 is 1.95 bits per heavy atom. The van der Waals surface area contributed by atoms with Crippen molar-refractivity contribution in [1.29, 1.82) is 0 Å². The summed E-state index contributed by atoms with van der Waals surface area (Å²) in [6.45, 7) is 2.19. The molecule has 0 saturated heterocycles. The zero-order chi connectivity index (χ0) is 14.5. The van der Waals surface area contributed by atoms with Gasteiger partial charge < -0.3 is 9.64 Å². The molecule has 0 spiro atoms. The van der Waals surface area contributed by atoms with Gasteiger partial charge in [-0.15, -0.1) is 0 Å². The van der Waals surface area contributed by atoms with Crippen molar-refractivity contribution in [1.82, 2.24) is 4.90 Å². The Morgan fingerprint density at radius 3 is 2.60 bits per heavy atom. The van der Waals surface area contributed by atoms with Crippen LogP contribution in [-0.4, -0.2) is 29.2 Å². The van der Waals surface area contributed by atoms with Crippen LogP contribution < -0.4 is 0 Å². The Balaban J connectivity index is 2.21. The van der Waals surface area contributed by atoms with E-state index >= 15 is 0 Å². The highest BCUT2D eigenvalue weighted by molar-refractivity contribution is 6.23. The summed E-state index contributed by atoms with van der Waals surface area (Å²) in [5.41, 5.74) is 0.858. The average Bonchev–Trinajstić information content (AvgIpc) is 2.43. The Hall–Kier alpha value is -2.43. The van der Waals surface area contributed by atoms with Crippen molar-refractivity contribution in [3.8, 4) is 0 Å². The number of carbonyl (C=O) groups excluding carboxylic acids is 3. The molecule has 2 rings (SSSR count). The first kappa shape index (κ1) is 14.0. The minimum absolute atomic E-state index is 0.0672. The molecule has 0 aliphatic carbocycles. The number of nitrogens with zero attached hydrogens (tertiary/aromatic N) is 1. The van der Waals surface area contributed by atoms with Crippen LogP contribution in [0, 0.1) is 0 Å². The van der Waals surface area contributed by atoms with Crippen LogP contribution in [0.25, 0.3) is 0 Å². The van der Waals surface area contributed by atoms with Crippen molar-refractivity contribution in [3.05, 3.63) is 47.7 Å². The molecule has 1 heterocycles. The summed E-state index contributed by atoms with van der Waals surface area (Å²) in [4.78, 5) is 36.6. The molecule has 0 fully saturated rings. The van der Waals surface area contributed by atoms with Gasteiger partial charge in [0.25, 0.3) is 0 Å². The quantitative estimate of drug-likeness (QED) is 0.473. The van der Waals surface area contributed by atoms with Gasteiger partial charge in [0.2, 0.25) is 5.91 Å². The van der Waals surface area contributed by atoms with Crippen LogP contribution in [0.1, 0.15) is 18.9 Å². The Morgan fingerprint density at radius 1 is 1.25 bits per heavy atom. The zero-order valence-corrected chi connectivity index (χ0v) is 11.2. The largest absolute Gasteiger partial charge is 0.462 e. The van der Waals surface area contributed by atoms with Gasteiger partial charge in [-0.1, -0.05) is 30.3 Å². The van der Waals surface area contributed by atoms with E-state index in [2.05, 4.69) is 0 Å². The molecule has 0 radical (unpaired) electrons. The predicted molar refractivity (Wildman–Crippen MR) is 71.3 cm³/mol. The number of hydrogen-bond acceptors (Lipinski definition) is 4. The lowest BCUT2D eigenvalue weighted by atomic mass is 10.0. The van der Waals surface area contributed by atoms with Gasteiger partial charge in [0.15, 0.2) is 5.78 Å². The van der Waals surface area contributed by atoms with E-state index in [-0.39, 0.29) is 24.5 Å². The summed E-state index contributed by atoms with van der Waals surface area (Å²) in [5.74, 6) is -1.48. The highest BCUT2D eigenvalue weighted by Gasteiger charge is 2.30. The molecule has 0 aromatic heterocycles. The first-order chi connectivity index (χ1) is 9.61. The normalized spacial score (nSPS) is 15.1. The van der Waals surface area contributed by atoms with Crippen molar-refractivity contribution < 1.29 is 19.1 Å². The molecule has 0 unspecified atom stereocenters. The van der Waals surface area contributed by atoms with E-state index in [1.54, 1.807) is 6.92 Å². The maximum Gasteiger partial charge on any atom is 0.343 e. The molecule has 1 aromatic rings. The highest BCUT2D eigenvalue weighted by atomic mass is 16.5. The monoisotopic (exact) mass is 273 g/mol. The third-order valence-corrected chi connectivity index (χ3v) is 2.91. The minimum Gasteiger partial charge on any atom is -0.462 e. The first-order valence-electron chi connectivity index (χ1n) is 6.37. The number of ether oxygens (including phenoxy) is 1. The van der Waals surface area contributed by atoms with Gasteiger partial charge in [-0.25, -0.2) is 4.79 Å². The third kappa shape index (κ3) is 3.12. The van der Waals surface area contributed by atoms with Crippen LogP contribution >= 0.6 is 0 Å². The first-order valence-corrected chi connectivity index (χ1v) is 6.37. The molecule has 5 heteroatoms. The Bertz CT molecular complexity index is 562. The van der Waals surface area contributed by atoms with Crippen molar-refractivity contribution in [2.24, 2.45) is 0 Å². The molecule has 0 atom stereocenters. The summed E-state index contributed by atoms with van der Waals surface area (Å²) < 4.78 is 4.82. The second-order valence-corrected chi connectivity index (χ2v) is 4.37. The smallest absolute Gasteiger partial charge is 0.343 e. The molecule has 104 valence electrons. The van der Waals surface area contributed by atoms with Crippen LogP contribution in [-0.2, 0) is 25.7 Å². The number of carbonyl (C=O) groups is 3. The molecule has 0 N–H and O–H groups in total. The number of esters is 1. The van der Waals surface area contributed by atoms with Crippen LogP contribution in [0.4, 0.5) is 0 Å². The fourth-order valence-corrected chi connectivity index (χ4v) is 1.92. The van der Waals surface area contributed by atoms with Crippen molar-refractivity contribution in [3.63, 3.8) is 0 Å². The van der Waals surface area contributed by atoms with Crippen molar-refractivity contribution in [2.45, 2.75) is 19.9 Å². The van der Waals surface area contributed by atoms with Gasteiger partial charge in [-0.3, -0.25) is 9.59 Å². The molecule has 0 saturated carbocycles. The van der Waals surface area contributed by atoms with E-state index in [0.717, 1.165) is 5.56 Å². The van der Waals surface area contributed by atoms with Crippen molar-refractivity contribution >= 4 is 17.7 Å². The van der Waals surface area contributed by atoms with Crippen LogP contribution in [0.3, 0.4) is 0 Å². The summed E-state index contributed by atoms with van der Waals surface area (Å²) in [6.07, 6.45) is 0.997. The van der Waals surface area contributed by atoms with E-state index < -0.39 is 11.8 Å². The summed E-state index contributed by atoms with van der Waals surface area (Å²) in [7, 11) is 0. The predicted octanol–water partition coefficient (Wildman–Crippen LogP) is 1.44. The van der Waals surface area contributed by atoms with Gasteiger partial charge in [0, 0.05) is 6.20 Å². The summed E-state index contributed by atoms with van der Waals surface area (Å²) in [5, 5.41) is 0. The second kappa shape index (κ2) is 6.14. The number of Topliss-reactive ketones (excluding diaryl/α,β-unsaturated/α-hetero) is 1. The standard InChI is InChI=1S/C15H15NO4/c1-2-20-15(19)12-10-16(14(18)8-13(12)17)9-11-6-4-3-5-7-11/h3-7,10H,2,8-9H2,1H3. The van der Waals surface area contributed by atoms with E-state index in [9.17, 15) is 14.4 Å². The zero-order valence-electron chi connectivity index (χ0n) is 11.2. The molecule has 0 bridgehead atoms. The SMILES string of the molecule is CCOC(=O)C1=CN(Cc2ccccc2)C(=O)CC1=O. The molecule has 5 nitrogen and oxygen atoms in total. The highest BCUT2D eigenvalue weighted by Crippen LogP contribution is 2.17. The maximum absolute atomic E-state index is 11.8. The fourth-order valence-electron chi connectivity index (χ4n) is 1.92. The molecular formula is C15H15NO4. The average molecular weight is 273 g/mol. The molecule has 20 heavy (non-hydrogen) atoms. The topological polar surface area (TPSA) is 63.7 Å². The number of hydrogen-bond donors (Lipinski definition) is 0. The van der Waals surface area contributed by atoms with E-state index in [1.165, 1.54) is 11.1 Å². The lowest BCUT2D eigenvalue weighted by Gasteiger charge is -2.23. The van der Waals surface area contributed by atoms with Crippen LogP contribution in [0.15, 0.2) is 42.1 Å². The number of amides is 1. The molecule has 1 aliphatic heterocycles. The minimum atomic E-state index is -0.678. The maximum atomic E-state index is 11.8. The van der Waals surface area contributed by atoms with Gasteiger partial charge >= 0.3 is 5.97 Å². The molecular weight excluding hydrogens is 258 g/mol. The number of benzene rings is 1.